The van der Waals surface area contributed by atoms with Gasteiger partial charge in [0.05, 0.1) is 0 Å². The maximum Gasteiger partial charge on any atom is 0.0406 e. The number of hydrogen-bond acceptors (Lipinski definition) is 2. The highest BCUT2D eigenvalue weighted by atomic mass is 35.5. The number of benzene rings is 1. The van der Waals surface area contributed by atoms with Crippen LogP contribution in [-0.2, 0) is 0 Å². The van der Waals surface area contributed by atoms with Crippen molar-refractivity contribution >= 4 is 11.6 Å². The first-order valence-corrected chi connectivity index (χ1v) is 7.28. The molecule has 0 aliphatic carbocycles. The zero-order valence-corrected chi connectivity index (χ0v) is 12.1. The summed E-state index contributed by atoms with van der Waals surface area (Å²) < 4.78 is 0. The zero-order valence-electron chi connectivity index (χ0n) is 11.3. The van der Waals surface area contributed by atoms with Gasteiger partial charge in [-0.2, -0.15) is 0 Å². The normalized spacial score (nSPS) is 22.3. The highest BCUT2D eigenvalue weighted by Crippen LogP contribution is 2.27. The molecular formula is C15H23ClN2. The Morgan fingerprint density at radius 3 is 2.78 bits per heavy atom. The van der Waals surface area contributed by atoms with Crippen LogP contribution in [0, 0.1) is 5.92 Å². The van der Waals surface area contributed by atoms with Crippen LogP contribution in [0.25, 0.3) is 0 Å². The number of likely N-dealkylation sites (tertiary alicyclic amines) is 1. The van der Waals surface area contributed by atoms with Gasteiger partial charge in [-0.25, -0.2) is 0 Å². The van der Waals surface area contributed by atoms with Crippen LogP contribution in [0.5, 0.6) is 0 Å². The summed E-state index contributed by atoms with van der Waals surface area (Å²) >= 11 is 5.93. The predicted octanol–water partition coefficient (Wildman–Crippen LogP) is 3.33. The van der Waals surface area contributed by atoms with Gasteiger partial charge in [-0.1, -0.05) is 30.7 Å². The molecular weight excluding hydrogens is 244 g/mol. The Labute approximate surface area is 115 Å². The van der Waals surface area contributed by atoms with Crippen LogP contribution >= 0.6 is 11.6 Å². The molecule has 2 rings (SSSR count). The molecule has 100 valence electrons. The number of halogens is 1. The lowest BCUT2D eigenvalue weighted by molar-refractivity contribution is 0.252. The van der Waals surface area contributed by atoms with Crippen LogP contribution in [0.2, 0.25) is 5.02 Å². The van der Waals surface area contributed by atoms with E-state index in [9.17, 15) is 0 Å². The van der Waals surface area contributed by atoms with E-state index in [4.69, 9.17) is 11.6 Å². The van der Waals surface area contributed by atoms with Gasteiger partial charge in [-0.3, -0.25) is 4.90 Å². The van der Waals surface area contributed by atoms with Gasteiger partial charge in [0.1, 0.15) is 0 Å². The lowest BCUT2D eigenvalue weighted by atomic mass is 10.1. The summed E-state index contributed by atoms with van der Waals surface area (Å²) in [4.78, 5) is 2.57. The molecule has 0 radical (unpaired) electrons. The molecule has 0 bridgehead atoms. The number of nitrogens with one attached hydrogen (secondary N) is 1. The van der Waals surface area contributed by atoms with E-state index >= 15 is 0 Å². The van der Waals surface area contributed by atoms with Gasteiger partial charge in [-0.05, 0) is 56.6 Å². The van der Waals surface area contributed by atoms with Gasteiger partial charge in [0.25, 0.3) is 0 Å². The molecule has 0 saturated carbocycles. The highest BCUT2D eigenvalue weighted by Gasteiger charge is 2.26. The Morgan fingerprint density at radius 1 is 1.39 bits per heavy atom. The van der Waals surface area contributed by atoms with Crippen molar-refractivity contribution in [2.45, 2.75) is 26.3 Å². The smallest absolute Gasteiger partial charge is 0.0406 e. The van der Waals surface area contributed by atoms with E-state index in [0.29, 0.717) is 6.04 Å². The quantitative estimate of drug-likeness (QED) is 0.880. The molecule has 0 aromatic heterocycles. The summed E-state index contributed by atoms with van der Waals surface area (Å²) in [5, 5.41) is 4.27. The van der Waals surface area contributed by atoms with Crippen molar-refractivity contribution in [2.24, 2.45) is 5.92 Å². The molecule has 1 fully saturated rings. The Kier molecular flexibility index (Phi) is 5.04. The van der Waals surface area contributed by atoms with Crippen molar-refractivity contribution < 1.29 is 0 Å². The fourth-order valence-corrected chi connectivity index (χ4v) is 2.81. The topological polar surface area (TPSA) is 15.3 Å². The monoisotopic (exact) mass is 266 g/mol. The molecule has 1 aliphatic heterocycles. The van der Waals surface area contributed by atoms with E-state index in [0.717, 1.165) is 24.0 Å². The third-order valence-corrected chi connectivity index (χ3v) is 4.15. The average Bonchev–Trinajstić information content (AvgIpc) is 2.85. The van der Waals surface area contributed by atoms with Crippen molar-refractivity contribution in [3.63, 3.8) is 0 Å². The second-order valence-corrected chi connectivity index (χ2v) is 5.62. The van der Waals surface area contributed by atoms with Gasteiger partial charge in [0, 0.05) is 17.6 Å². The minimum absolute atomic E-state index is 0.494. The summed E-state index contributed by atoms with van der Waals surface area (Å²) in [7, 11) is 0. The maximum atomic E-state index is 5.93. The molecule has 2 atom stereocenters. The third kappa shape index (κ3) is 3.47. The van der Waals surface area contributed by atoms with Gasteiger partial charge in [-0.15, -0.1) is 0 Å². The minimum atomic E-state index is 0.494. The van der Waals surface area contributed by atoms with Gasteiger partial charge in [0.2, 0.25) is 0 Å². The van der Waals surface area contributed by atoms with E-state index in [-0.39, 0.29) is 0 Å². The Morgan fingerprint density at radius 2 is 2.11 bits per heavy atom. The Bertz CT molecular complexity index is 363. The molecule has 1 aromatic carbocycles. The SMILES string of the molecule is CCNCC1CCN(C(C)c2ccc(Cl)cc2)C1. The molecule has 18 heavy (non-hydrogen) atoms. The van der Waals surface area contributed by atoms with Crippen molar-refractivity contribution in [1.82, 2.24) is 10.2 Å². The molecule has 1 N–H and O–H groups in total. The molecule has 2 nitrogen and oxygen atoms in total. The number of hydrogen-bond donors (Lipinski definition) is 1. The Balaban J connectivity index is 1.90. The second-order valence-electron chi connectivity index (χ2n) is 5.18. The Hall–Kier alpha value is -0.570. The molecule has 1 aromatic rings. The summed E-state index contributed by atoms with van der Waals surface area (Å²) in [6.45, 7) is 9.10. The molecule has 0 spiro atoms. The van der Waals surface area contributed by atoms with Crippen LogP contribution < -0.4 is 5.32 Å². The molecule has 0 amide bonds. The predicted molar refractivity (Wildman–Crippen MR) is 78.1 cm³/mol. The largest absolute Gasteiger partial charge is 0.317 e. The van der Waals surface area contributed by atoms with Gasteiger partial charge >= 0.3 is 0 Å². The maximum absolute atomic E-state index is 5.93. The lowest BCUT2D eigenvalue weighted by Gasteiger charge is -2.25. The van der Waals surface area contributed by atoms with Crippen molar-refractivity contribution in [1.29, 1.82) is 0 Å². The summed E-state index contributed by atoms with van der Waals surface area (Å²) in [5.74, 6) is 0.805. The van der Waals surface area contributed by atoms with E-state index in [1.165, 1.54) is 25.1 Å². The second kappa shape index (κ2) is 6.55. The molecule has 2 unspecified atom stereocenters. The van der Waals surface area contributed by atoms with Crippen LogP contribution in [0.1, 0.15) is 31.9 Å². The van der Waals surface area contributed by atoms with Crippen molar-refractivity contribution in [2.75, 3.05) is 26.2 Å². The van der Waals surface area contributed by atoms with E-state index in [1.807, 2.05) is 12.1 Å². The van der Waals surface area contributed by atoms with Gasteiger partial charge < -0.3 is 5.32 Å². The summed E-state index contributed by atoms with van der Waals surface area (Å²) in [6.07, 6.45) is 1.31. The molecule has 1 aliphatic rings. The number of rotatable bonds is 5. The molecule has 3 heteroatoms. The first-order valence-electron chi connectivity index (χ1n) is 6.91. The van der Waals surface area contributed by atoms with E-state index in [2.05, 4.69) is 36.2 Å². The zero-order chi connectivity index (χ0) is 13.0. The van der Waals surface area contributed by atoms with Crippen LogP contribution in [0.4, 0.5) is 0 Å². The fourth-order valence-electron chi connectivity index (χ4n) is 2.68. The van der Waals surface area contributed by atoms with Crippen molar-refractivity contribution in [3.8, 4) is 0 Å². The summed E-state index contributed by atoms with van der Waals surface area (Å²) in [6, 6.07) is 8.75. The standard InChI is InChI=1S/C15H23ClN2/c1-3-17-10-13-8-9-18(11-13)12(2)14-4-6-15(16)7-5-14/h4-7,12-13,17H,3,8-11H2,1-2H3. The first kappa shape index (κ1) is 13.9. The minimum Gasteiger partial charge on any atom is -0.317 e. The third-order valence-electron chi connectivity index (χ3n) is 3.90. The first-order chi connectivity index (χ1) is 8.70. The van der Waals surface area contributed by atoms with Crippen molar-refractivity contribution in [3.05, 3.63) is 34.9 Å². The van der Waals surface area contributed by atoms with Gasteiger partial charge in [0.15, 0.2) is 0 Å². The lowest BCUT2D eigenvalue weighted by Crippen LogP contribution is -2.28. The van der Waals surface area contributed by atoms with E-state index in [1.54, 1.807) is 0 Å². The van der Waals surface area contributed by atoms with Crippen LogP contribution in [-0.4, -0.2) is 31.1 Å². The fraction of sp³-hybridized carbons (Fsp3) is 0.600. The summed E-state index contributed by atoms with van der Waals surface area (Å²) in [5.41, 5.74) is 1.36. The van der Waals surface area contributed by atoms with Crippen LogP contribution in [0.3, 0.4) is 0 Å². The average molecular weight is 267 g/mol. The number of nitrogens with zero attached hydrogens (tertiary/aromatic N) is 1. The van der Waals surface area contributed by atoms with Crippen LogP contribution in [0.15, 0.2) is 24.3 Å². The highest BCUT2D eigenvalue weighted by molar-refractivity contribution is 6.30. The molecule has 1 heterocycles. The van der Waals surface area contributed by atoms with E-state index < -0.39 is 0 Å². The molecule has 1 saturated heterocycles.